The number of esters is 1. The van der Waals surface area contributed by atoms with Crippen molar-refractivity contribution in [2.75, 3.05) is 7.11 Å². The molecular formula is C10H8N2O4. The van der Waals surface area contributed by atoms with Crippen LogP contribution in [0.2, 0.25) is 0 Å². The van der Waals surface area contributed by atoms with Gasteiger partial charge >= 0.3 is 5.97 Å². The first-order chi connectivity index (χ1) is 7.61. The second kappa shape index (κ2) is 4.89. The second-order valence-electron chi connectivity index (χ2n) is 2.90. The van der Waals surface area contributed by atoms with E-state index in [1.807, 2.05) is 0 Å². The number of rotatable bonds is 3. The average molecular weight is 220 g/mol. The fourth-order valence-electron chi connectivity index (χ4n) is 1.31. The largest absolute Gasteiger partial charge is 0.465 e. The van der Waals surface area contributed by atoms with E-state index in [0.29, 0.717) is 0 Å². The minimum atomic E-state index is -0.786. The van der Waals surface area contributed by atoms with Gasteiger partial charge in [0.25, 0.3) is 5.69 Å². The van der Waals surface area contributed by atoms with Gasteiger partial charge in [-0.3, -0.25) is 10.1 Å². The van der Waals surface area contributed by atoms with Gasteiger partial charge in [0.15, 0.2) is 0 Å². The fraction of sp³-hybridized carbons (Fsp3) is 0.200. The molecule has 0 spiro atoms. The highest BCUT2D eigenvalue weighted by Gasteiger charge is 2.24. The van der Waals surface area contributed by atoms with Crippen molar-refractivity contribution in [1.29, 1.82) is 5.26 Å². The van der Waals surface area contributed by atoms with E-state index in [4.69, 9.17) is 5.26 Å². The molecule has 0 aliphatic carbocycles. The Labute approximate surface area is 91.2 Å². The summed E-state index contributed by atoms with van der Waals surface area (Å²) in [6.07, 6.45) is -0.124. The van der Waals surface area contributed by atoms with Crippen molar-refractivity contribution in [2.24, 2.45) is 0 Å². The molecule has 0 aliphatic heterocycles. The summed E-state index contributed by atoms with van der Waals surface area (Å²) in [6, 6.07) is 6.02. The number of nitro benzene ring substituents is 1. The van der Waals surface area contributed by atoms with E-state index in [1.165, 1.54) is 18.2 Å². The third-order valence-corrected chi connectivity index (χ3v) is 1.98. The van der Waals surface area contributed by atoms with Gasteiger partial charge in [-0.1, -0.05) is 12.1 Å². The summed E-state index contributed by atoms with van der Waals surface area (Å²) in [4.78, 5) is 21.4. The van der Waals surface area contributed by atoms with Gasteiger partial charge in [-0.2, -0.15) is 5.26 Å². The minimum Gasteiger partial charge on any atom is -0.465 e. The van der Waals surface area contributed by atoms with Crippen molar-refractivity contribution >= 4 is 11.7 Å². The van der Waals surface area contributed by atoms with Gasteiger partial charge in [-0.05, 0) is 6.07 Å². The number of benzene rings is 1. The standard InChI is InChI=1S/C10H8N2O4/c1-16-10(13)8-4-2-3-7(5-6-11)9(8)12(14)15/h2-4H,5H2,1H3. The molecule has 0 saturated carbocycles. The van der Waals surface area contributed by atoms with E-state index in [2.05, 4.69) is 4.74 Å². The molecule has 0 saturated heterocycles. The molecule has 82 valence electrons. The lowest BCUT2D eigenvalue weighted by atomic mass is 10.1. The highest BCUT2D eigenvalue weighted by atomic mass is 16.6. The average Bonchev–Trinajstić information content (AvgIpc) is 2.27. The zero-order valence-electron chi connectivity index (χ0n) is 8.47. The van der Waals surface area contributed by atoms with Crippen molar-refractivity contribution in [3.05, 3.63) is 39.4 Å². The monoisotopic (exact) mass is 220 g/mol. The molecule has 1 aromatic rings. The number of methoxy groups -OCH3 is 1. The van der Waals surface area contributed by atoms with Gasteiger partial charge in [-0.15, -0.1) is 0 Å². The number of hydrogen-bond acceptors (Lipinski definition) is 5. The molecule has 0 atom stereocenters. The van der Waals surface area contributed by atoms with Crippen LogP contribution >= 0.6 is 0 Å². The Morgan fingerprint density at radius 3 is 2.81 bits per heavy atom. The highest BCUT2D eigenvalue weighted by molar-refractivity contribution is 5.94. The van der Waals surface area contributed by atoms with Gasteiger partial charge < -0.3 is 4.74 Å². The molecule has 0 aromatic heterocycles. The number of nitrogens with zero attached hydrogens (tertiary/aromatic N) is 2. The van der Waals surface area contributed by atoms with E-state index in [1.54, 1.807) is 6.07 Å². The zero-order valence-corrected chi connectivity index (χ0v) is 8.47. The number of carbonyl (C=O) groups excluding carboxylic acids is 1. The second-order valence-corrected chi connectivity index (χ2v) is 2.90. The lowest BCUT2D eigenvalue weighted by molar-refractivity contribution is -0.385. The summed E-state index contributed by atoms with van der Waals surface area (Å²) in [5, 5.41) is 19.3. The molecule has 16 heavy (non-hydrogen) atoms. The molecule has 1 aromatic carbocycles. The molecule has 6 heteroatoms. The zero-order chi connectivity index (χ0) is 12.1. The normalized spacial score (nSPS) is 9.25. The van der Waals surface area contributed by atoms with E-state index < -0.39 is 10.9 Å². The van der Waals surface area contributed by atoms with Gasteiger partial charge in [0.1, 0.15) is 5.56 Å². The molecule has 0 aliphatic rings. The Morgan fingerprint density at radius 2 is 2.31 bits per heavy atom. The molecule has 0 bridgehead atoms. The number of nitriles is 1. The number of carbonyl (C=O) groups is 1. The van der Waals surface area contributed by atoms with Crippen LogP contribution in [0.3, 0.4) is 0 Å². The van der Waals surface area contributed by atoms with Crippen molar-refractivity contribution in [3.63, 3.8) is 0 Å². The maximum Gasteiger partial charge on any atom is 0.344 e. The Bertz CT molecular complexity index is 476. The van der Waals surface area contributed by atoms with Crippen molar-refractivity contribution in [1.82, 2.24) is 0 Å². The van der Waals surface area contributed by atoms with Gasteiger partial charge in [0.2, 0.25) is 0 Å². The molecule has 6 nitrogen and oxygen atoms in total. The quantitative estimate of drug-likeness (QED) is 0.436. The first-order valence-electron chi connectivity index (χ1n) is 4.33. The topological polar surface area (TPSA) is 93.2 Å². The predicted molar refractivity (Wildman–Crippen MR) is 53.8 cm³/mol. The van der Waals surface area contributed by atoms with Gasteiger partial charge in [-0.25, -0.2) is 4.79 Å². The number of hydrogen-bond donors (Lipinski definition) is 0. The third-order valence-electron chi connectivity index (χ3n) is 1.98. The molecule has 0 fully saturated rings. The van der Waals surface area contributed by atoms with Crippen LogP contribution in [0, 0.1) is 21.4 Å². The number of para-hydroxylation sites is 1. The molecule has 0 amide bonds. The van der Waals surface area contributed by atoms with Crippen LogP contribution < -0.4 is 0 Å². The van der Waals surface area contributed by atoms with Gasteiger partial charge in [0.05, 0.1) is 24.5 Å². The molecule has 0 N–H and O–H groups in total. The van der Waals surface area contributed by atoms with Crippen LogP contribution in [-0.2, 0) is 11.2 Å². The first-order valence-corrected chi connectivity index (χ1v) is 4.33. The maximum atomic E-state index is 11.3. The highest BCUT2D eigenvalue weighted by Crippen LogP contribution is 2.24. The minimum absolute atomic E-state index is 0.124. The molecular weight excluding hydrogens is 212 g/mol. The number of ether oxygens (including phenoxy) is 1. The molecule has 0 heterocycles. The summed E-state index contributed by atoms with van der Waals surface area (Å²) < 4.78 is 4.43. The van der Waals surface area contributed by atoms with E-state index in [-0.39, 0.29) is 23.2 Å². The van der Waals surface area contributed by atoms with Crippen molar-refractivity contribution < 1.29 is 14.5 Å². The lowest BCUT2D eigenvalue weighted by Gasteiger charge is -2.03. The lowest BCUT2D eigenvalue weighted by Crippen LogP contribution is -2.07. The Balaban J connectivity index is 3.39. The summed E-state index contributed by atoms with van der Waals surface area (Å²) in [7, 11) is 1.14. The van der Waals surface area contributed by atoms with Crippen LogP contribution in [0.25, 0.3) is 0 Å². The van der Waals surface area contributed by atoms with Gasteiger partial charge in [0, 0.05) is 5.56 Å². The summed E-state index contributed by atoms with van der Waals surface area (Å²) >= 11 is 0. The molecule has 0 unspecified atom stereocenters. The van der Waals surface area contributed by atoms with Crippen LogP contribution in [0.15, 0.2) is 18.2 Å². The Hall–Kier alpha value is -2.42. The summed E-state index contributed by atoms with van der Waals surface area (Å²) in [5.41, 5.74) is -0.299. The van der Waals surface area contributed by atoms with Crippen LogP contribution in [0.4, 0.5) is 5.69 Å². The third kappa shape index (κ3) is 2.15. The van der Waals surface area contributed by atoms with Crippen molar-refractivity contribution in [2.45, 2.75) is 6.42 Å². The smallest absolute Gasteiger partial charge is 0.344 e. The SMILES string of the molecule is COC(=O)c1cccc(CC#N)c1[N+](=O)[O-]. The summed E-state index contributed by atoms with van der Waals surface area (Å²) in [5.74, 6) is -0.786. The van der Waals surface area contributed by atoms with Crippen LogP contribution in [-0.4, -0.2) is 18.0 Å². The molecule has 1 rings (SSSR count). The summed E-state index contributed by atoms with van der Waals surface area (Å²) in [6.45, 7) is 0. The fourth-order valence-corrected chi connectivity index (χ4v) is 1.31. The maximum absolute atomic E-state index is 11.3. The number of nitro groups is 1. The van der Waals surface area contributed by atoms with E-state index >= 15 is 0 Å². The van der Waals surface area contributed by atoms with Crippen LogP contribution in [0.5, 0.6) is 0 Å². The van der Waals surface area contributed by atoms with E-state index in [9.17, 15) is 14.9 Å². The first kappa shape index (κ1) is 11.7. The Kier molecular flexibility index (Phi) is 3.56. The van der Waals surface area contributed by atoms with E-state index in [0.717, 1.165) is 7.11 Å². The van der Waals surface area contributed by atoms with Crippen molar-refractivity contribution in [3.8, 4) is 6.07 Å². The predicted octanol–water partition coefficient (Wildman–Crippen LogP) is 1.45. The van der Waals surface area contributed by atoms with Crippen LogP contribution in [0.1, 0.15) is 15.9 Å². The Morgan fingerprint density at radius 1 is 1.62 bits per heavy atom. The molecule has 0 radical (unpaired) electrons.